The van der Waals surface area contributed by atoms with Gasteiger partial charge in [-0.15, -0.1) is 34.2 Å². The summed E-state index contributed by atoms with van der Waals surface area (Å²) >= 11 is 0. The first kappa shape index (κ1) is 17.2. The van der Waals surface area contributed by atoms with Gasteiger partial charge < -0.3 is 15.2 Å². The Labute approximate surface area is 137 Å². The van der Waals surface area contributed by atoms with Crippen molar-refractivity contribution in [2.75, 3.05) is 19.6 Å². The van der Waals surface area contributed by atoms with Gasteiger partial charge in [-0.05, 0) is 18.8 Å². The SMILES string of the molecule is CCc1nncn1CCN=C(N)N1CCC(C)CC1.I. The minimum absolute atomic E-state index is 0. The number of aromatic nitrogens is 3. The third-order valence-electron chi connectivity index (χ3n) is 3.73. The highest BCUT2D eigenvalue weighted by Gasteiger charge is 2.16. The van der Waals surface area contributed by atoms with Gasteiger partial charge in [0.05, 0.1) is 6.54 Å². The van der Waals surface area contributed by atoms with Crippen molar-refractivity contribution in [2.45, 2.75) is 39.7 Å². The Hall–Kier alpha value is -0.860. The van der Waals surface area contributed by atoms with Crippen molar-refractivity contribution >= 4 is 29.9 Å². The Morgan fingerprint density at radius 1 is 1.45 bits per heavy atom. The van der Waals surface area contributed by atoms with Gasteiger partial charge in [0.15, 0.2) is 5.96 Å². The van der Waals surface area contributed by atoms with Gasteiger partial charge in [-0.3, -0.25) is 4.99 Å². The molecule has 1 aromatic heterocycles. The number of guanidine groups is 1. The van der Waals surface area contributed by atoms with Crippen LogP contribution < -0.4 is 5.73 Å². The maximum absolute atomic E-state index is 6.04. The molecule has 0 amide bonds. The van der Waals surface area contributed by atoms with Gasteiger partial charge in [0.1, 0.15) is 12.2 Å². The van der Waals surface area contributed by atoms with E-state index in [2.05, 4.69) is 33.9 Å². The number of rotatable bonds is 4. The normalized spacial score (nSPS) is 17.1. The van der Waals surface area contributed by atoms with Gasteiger partial charge in [-0.1, -0.05) is 13.8 Å². The Balaban J connectivity index is 0.00000200. The van der Waals surface area contributed by atoms with Crippen molar-refractivity contribution in [1.29, 1.82) is 0 Å². The number of hydrogen-bond acceptors (Lipinski definition) is 3. The Kier molecular flexibility index (Phi) is 7.25. The lowest BCUT2D eigenvalue weighted by atomic mass is 10.00. The molecule has 1 fully saturated rings. The topological polar surface area (TPSA) is 72.3 Å². The fraction of sp³-hybridized carbons (Fsp3) is 0.769. The third kappa shape index (κ3) is 4.60. The van der Waals surface area contributed by atoms with Crippen LogP contribution in [0.4, 0.5) is 0 Å². The fourth-order valence-electron chi connectivity index (χ4n) is 2.35. The smallest absolute Gasteiger partial charge is 0.191 e. The second kappa shape index (κ2) is 8.43. The van der Waals surface area contributed by atoms with E-state index in [1.807, 2.05) is 4.57 Å². The molecule has 0 bridgehead atoms. The molecule has 2 N–H and O–H groups in total. The Bertz CT molecular complexity index is 422. The quantitative estimate of drug-likeness (QED) is 0.479. The first-order valence-corrected chi connectivity index (χ1v) is 7.12. The summed E-state index contributed by atoms with van der Waals surface area (Å²) < 4.78 is 2.04. The number of aryl methyl sites for hydroxylation is 1. The summed E-state index contributed by atoms with van der Waals surface area (Å²) in [4.78, 5) is 6.65. The minimum atomic E-state index is 0. The molecule has 6 nitrogen and oxygen atoms in total. The van der Waals surface area contributed by atoms with Crippen LogP contribution in [-0.4, -0.2) is 45.3 Å². The molecule has 2 rings (SSSR count). The van der Waals surface area contributed by atoms with E-state index >= 15 is 0 Å². The molecule has 7 heteroatoms. The number of nitrogens with zero attached hydrogens (tertiary/aromatic N) is 5. The molecular weight excluding hydrogens is 367 g/mol. The van der Waals surface area contributed by atoms with Crippen LogP contribution in [0.2, 0.25) is 0 Å². The van der Waals surface area contributed by atoms with E-state index in [9.17, 15) is 0 Å². The third-order valence-corrected chi connectivity index (χ3v) is 3.73. The van der Waals surface area contributed by atoms with E-state index in [-0.39, 0.29) is 24.0 Å². The molecular formula is C13H25IN6. The van der Waals surface area contributed by atoms with Crippen molar-refractivity contribution in [3.8, 4) is 0 Å². The average molecular weight is 392 g/mol. The lowest BCUT2D eigenvalue weighted by molar-refractivity contribution is 0.277. The van der Waals surface area contributed by atoms with Gasteiger partial charge in [-0.2, -0.15) is 0 Å². The molecule has 2 heterocycles. The van der Waals surface area contributed by atoms with Crippen molar-refractivity contribution in [3.05, 3.63) is 12.2 Å². The van der Waals surface area contributed by atoms with Crippen LogP contribution in [0.15, 0.2) is 11.3 Å². The summed E-state index contributed by atoms with van der Waals surface area (Å²) in [6, 6.07) is 0. The second-order valence-electron chi connectivity index (χ2n) is 5.20. The largest absolute Gasteiger partial charge is 0.370 e. The van der Waals surface area contributed by atoms with Gasteiger partial charge in [-0.25, -0.2) is 0 Å². The molecule has 0 radical (unpaired) electrons. The maximum Gasteiger partial charge on any atom is 0.191 e. The van der Waals surface area contributed by atoms with E-state index in [0.717, 1.165) is 37.8 Å². The monoisotopic (exact) mass is 392 g/mol. The number of halogens is 1. The fourth-order valence-corrected chi connectivity index (χ4v) is 2.35. The van der Waals surface area contributed by atoms with E-state index in [0.29, 0.717) is 12.5 Å². The molecule has 1 saturated heterocycles. The summed E-state index contributed by atoms with van der Waals surface area (Å²) in [5.74, 6) is 2.49. The number of aliphatic imine (C=N–C) groups is 1. The molecule has 0 unspecified atom stereocenters. The van der Waals surface area contributed by atoms with Gasteiger partial charge in [0.2, 0.25) is 0 Å². The highest BCUT2D eigenvalue weighted by molar-refractivity contribution is 14.0. The predicted octanol–water partition coefficient (Wildman–Crippen LogP) is 1.51. The first-order valence-electron chi connectivity index (χ1n) is 7.12. The standard InChI is InChI=1S/C13H24N6.HI/c1-3-12-17-16-10-19(12)9-6-15-13(14)18-7-4-11(2)5-8-18;/h10-11H,3-9H2,1-2H3,(H2,14,15);1H. The zero-order valence-corrected chi connectivity index (χ0v) is 14.7. The van der Waals surface area contributed by atoms with E-state index < -0.39 is 0 Å². The van der Waals surface area contributed by atoms with Gasteiger partial charge in [0.25, 0.3) is 0 Å². The average Bonchev–Trinajstić information content (AvgIpc) is 2.87. The van der Waals surface area contributed by atoms with Gasteiger partial charge in [0, 0.05) is 26.1 Å². The molecule has 1 aromatic rings. The first-order chi connectivity index (χ1) is 9.20. The van der Waals surface area contributed by atoms with Crippen LogP contribution in [0, 0.1) is 5.92 Å². The minimum Gasteiger partial charge on any atom is -0.370 e. The number of hydrogen-bond donors (Lipinski definition) is 1. The van der Waals surface area contributed by atoms with Crippen LogP contribution >= 0.6 is 24.0 Å². The molecule has 0 atom stereocenters. The van der Waals surface area contributed by atoms with Crippen LogP contribution in [0.1, 0.15) is 32.5 Å². The molecule has 1 aliphatic rings. The highest BCUT2D eigenvalue weighted by atomic mass is 127. The molecule has 1 aliphatic heterocycles. The van der Waals surface area contributed by atoms with Crippen molar-refractivity contribution in [1.82, 2.24) is 19.7 Å². The number of nitrogens with two attached hydrogens (primary N) is 1. The molecule has 0 aliphatic carbocycles. The van der Waals surface area contributed by atoms with Crippen molar-refractivity contribution in [2.24, 2.45) is 16.6 Å². The summed E-state index contributed by atoms with van der Waals surface area (Å²) in [5.41, 5.74) is 6.04. The molecule has 0 aromatic carbocycles. The molecule has 20 heavy (non-hydrogen) atoms. The van der Waals surface area contributed by atoms with Crippen LogP contribution in [0.5, 0.6) is 0 Å². The Morgan fingerprint density at radius 3 is 2.80 bits per heavy atom. The summed E-state index contributed by atoms with van der Waals surface area (Å²) in [6.07, 6.45) is 5.07. The van der Waals surface area contributed by atoms with E-state index in [4.69, 9.17) is 5.73 Å². The van der Waals surface area contributed by atoms with Crippen LogP contribution in [0.3, 0.4) is 0 Å². The molecule has 0 spiro atoms. The maximum atomic E-state index is 6.04. The Morgan fingerprint density at radius 2 is 2.15 bits per heavy atom. The van der Waals surface area contributed by atoms with Crippen LogP contribution in [0.25, 0.3) is 0 Å². The zero-order valence-electron chi connectivity index (χ0n) is 12.3. The van der Waals surface area contributed by atoms with Gasteiger partial charge >= 0.3 is 0 Å². The predicted molar refractivity (Wildman–Crippen MR) is 91.3 cm³/mol. The van der Waals surface area contributed by atoms with Crippen molar-refractivity contribution < 1.29 is 0 Å². The zero-order chi connectivity index (χ0) is 13.7. The summed E-state index contributed by atoms with van der Waals surface area (Å²) in [7, 11) is 0. The number of likely N-dealkylation sites (tertiary alicyclic amines) is 1. The molecule has 0 saturated carbocycles. The highest BCUT2D eigenvalue weighted by Crippen LogP contribution is 2.15. The van der Waals surface area contributed by atoms with E-state index in [1.165, 1.54) is 12.8 Å². The van der Waals surface area contributed by atoms with Crippen molar-refractivity contribution in [3.63, 3.8) is 0 Å². The van der Waals surface area contributed by atoms with Crippen LogP contribution in [-0.2, 0) is 13.0 Å². The molecule has 114 valence electrons. The number of piperidine rings is 1. The van der Waals surface area contributed by atoms with E-state index in [1.54, 1.807) is 6.33 Å². The second-order valence-corrected chi connectivity index (χ2v) is 5.20. The summed E-state index contributed by atoms with van der Waals surface area (Å²) in [5, 5.41) is 7.97. The summed E-state index contributed by atoms with van der Waals surface area (Å²) in [6.45, 7) is 7.91. The lowest BCUT2D eigenvalue weighted by Gasteiger charge is -2.31. The lowest BCUT2D eigenvalue weighted by Crippen LogP contribution is -2.42.